The van der Waals surface area contributed by atoms with E-state index in [1.54, 1.807) is 19.4 Å². The molecule has 0 saturated carbocycles. The number of rotatable bonds is 6. The monoisotopic (exact) mass is 353 g/mol. The Morgan fingerprint density at radius 1 is 1.27 bits per heavy atom. The first kappa shape index (κ1) is 17.8. The Kier molecular flexibility index (Phi) is 5.16. The largest absolute Gasteiger partial charge is 0.481 e. The number of pyridine rings is 1. The van der Waals surface area contributed by atoms with Crippen LogP contribution < -0.4 is 10.1 Å². The molecule has 0 radical (unpaired) electrons. The topological polar surface area (TPSA) is 81.4 Å². The van der Waals surface area contributed by atoms with E-state index < -0.39 is 0 Å². The molecule has 3 rings (SSSR count). The van der Waals surface area contributed by atoms with Crippen LogP contribution in [0.4, 0.5) is 0 Å². The second-order valence-electron chi connectivity index (χ2n) is 6.30. The molecule has 26 heavy (non-hydrogen) atoms. The fourth-order valence-electron chi connectivity index (χ4n) is 2.97. The van der Waals surface area contributed by atoms with E-state index in [2.05, 4.69) is 20.4 Å². The number of carbonyl (C=O) groups is 1. The van der Waals surface area contributed by atoms with E-state index in [-0.39, 0.29) is 5.91 Å². The minimum Gasteiger partial charge on any atom is -0.481 e. The number of aromatic nitrogens is 4. The summed E-state index contributed by atoms with van der Waals surface area (Å²) in [6, 6.07) is 5.62. The van der Waals surface area contributed by atoms with E-state index in [0.717, 1.165) is 33.9 Å². The third-order valence-corrected chi connectivity index (χ3v) is 4.38. The molecule has 136 valence electrons. The van der Waals surface area contributed by atoms with Crippen molar-refractivity contribution in [3.63, 3.8) is 0 Å². The van der Waals surface area contributed by atoms with E-state index in [0.29, 0.717) is 25.3 Å². The maximum atomic E-state index is 12.2. The molecule has 0 fully saturated rings. The van der Waals surface area contributed by atoms with Crippen molar-refractivity contribution >= 4 is 11.6 Å². The minimum absolute atomic E-state index is 0.00337. The molecule has 0 aliphatic carbocycles. The van der Waals surface area contributed by atoms with E-state index >= 15 is 0 Å². The van der Waals surface area contributed by atoms with Crippen LogP contribution in [0.15, 0.2) is 24.4 Å². The summed E-state index contributed by atoms with van der Waals surface area (Å²) in [5.41, 5.74) is 5.76. The quantitative estimate of drug-likeness (QED) is 0.735. The van der Waals surface area contributed by atoms with Crippen LogP contribution in [-0.4, -0.2) is 32.6 Å². The molecule has 0 aliphatic heterocycles. The first-order valence-electron chi connectivity index (χ1n) is 8.56. The van der Waals surface area contributed by atoms with Gasteiger partial charge in [0, 0.05) is 42.7 Å². The van der Waals surface area contributed by atoms with Crippen LogP contribution in [0.25, 0.3) is 5.65 Å². The lowest BCUT2D eigenvalue weighted by Gasteiger charge is -2.11. The predicted octanol–water partition coefficient (Wildman–Crippen LogP) is 2.31. The standard InChI is InChI=1S/C19H23N5O2/c1-12-9-17-22-13(2)16(14(3)24(17)23-12)6-7-18(25)20-10-15-5-8-19(26-4)21-11-15/h5,8-9,11H,6-7,10H2,1-4H3,(H,20,25). The third kappa shape index (κ3) is 3.82. The van der Waals surface area contributed by atoms with Crippen LogP contribution in [-0.2, 0) is 17.8 Å². The molecule has 0 aromatic carbocycles. The zero-order valence-corrected chi connectivity index (χ0v) is 15.5. The Balaban J connectivity index is 1.61. The first-order chi connectivity index (χ1) is 12.5. The van der Waals surface area contributed by atoms with Crippen LogP contribution in [0.2, 0.25) is 0 Å². The Labute approximate surface area is 152 Å². The van der Waals surface area contributed by atoms with E-state index in [1.807, 2.05) is 37.4 Å². The number of fused-ring (bicyclic) bond motifs is 1. The van der Waals surface area contributed by atoms with Gasteiger partial charge in [-0.05, 0) is 38.3 Å². The number of hydrogen-bond donors (Lipinski definition) is 1. The average molecular weight is 353 g/mol. The average Bonchev–Trinajstić information content (AvgIpc) is 3.00. The molecule has 7 heteroatoms. The molecule has 0 unspecified atom stereocenters. The minimum atomic E-state index is -0.00337. The number of nitrogens with zero attached hydrogens (tertiary/aromatic N) is 4. The van der Waals surface area contributed by atoms with Crippen molar-refractivity contribution in [1.82, 2.24) is 24.9 Å². The zero-order chi connectivity index (χ0) is 18.7. The molecule has 0 saturated heterocycles. The zero-order valence-electron chi connectivity index (χ0n) is 15.5. The normalized spacial score (nSPS) is 10.9. The number of aryl methyl sites for hydroxylation is 3. The number of amides is 1. The van der Waals surface area contributed by atoms with Gasteiger partial charge >= 0.3 is 0 Å². The fourth-order valence-corrected chi connectivity index (χ4v) is 2.97. The van der Waals surface area contributed by atoms with Crippen LogP contribution in [0.1, 0.15) is 34.6 Å². The van der Waals surface area contributed by atoms with Crippen LogP contribution in [0, 0.1) is 20.8 Å². The molecule has 0 aliphatic rings. The van der Waals surface area contributed by atoms with Crippen LogP contribution in [0.5, 0.6) is 5.88 Å². The molecule has 3 aromatic rings. The van der Waals surface area contributed by atoms with Crippen molar-refractivity contribution in [2.75, 3.05) is 7.11 Å². The van der Waals surface area contributed by atoms with Gasteiger partial charge in [0.25, 0.3) is 0 Å². The maximum absolute atomic E-state index is 12.2. The Morgan fingerprint density at radius 3 is 2.77 bits per heavy atom. The van der Waals surface area contributed by atoms with Gasteiger partial charge in [-0.3, -0.25) is 4.79 Å². The molecule has 1 N–H and O–H groups in total. The summed E-state index contributed by atoms with van der Waals surface area (Å²) < 4.78 is 6.87. The second-order valence-corrected chi connectivity index (χ2v) is 6.30. The first-order valence-corrected chi connectivity index (χ1v) is 8.56. The SMILES string of the molecule is COc1ccc(CNC(=O)CCc2c(C)nc3cc(C)nn3c2C)cn1. The van der Waals surface area contributed by atoms with E-state index in [9.17, 15) is 4.79 Å². The van der Waals surface area contributed by atoms with Gasteiger partial charge in [-0.1, -0.05) is 6.07 Å². The number of nitrogens with one attached hydrogen (secondary N) is 1. The summed E-state index contributed by atoms with van der Waals surface area (Å²) in [4.78, 5) is 20.9. The van der Waals surface area contributed by atoms with Gasteiger partial charge in [-0.2, -0.15) is 5.10 Å². The lowest BCUT2D eigenvalue weighted by atomic mass is 10.1. The number of methoxy groups -OCH3 is 1. The van der Waals surface area contributed by atoms with Crippen LogP contribution >= 0.6 is 0 Å². The third-order valence-electron chi connectivity index (χ3n) is 4.38. The highest BCUT2D eigenvalue weighted by molar-refractivity contribution is 5.76. The molecule has 3 aromatic heterocycles. The van der Waals surface area contributed by atoms with Gasteiger partial charge in [0.15, 0.2) is 5.65 Å². The molecule has 0 bridgehead atoms. The summed E-state index contributed by atoms with van der Waals surface area (Å²) in [5, 5.41) is 7.39. The molecular weight excluding hydrogens is 330 g/mol. The highest BCUT2D eigenvalue weighted by atomic mass is 16.5. The van der Waals surface area contributed by atoms with Crippen molar-refractivity contribution in [3.8, 4) is 5.88 Å². The van der Waals surface area contributed by atoms with Crippen LogP contribution in [0.3, 0.4) is 0 Å². The summed E-state index contributed by atoms with van der Waals surface area (Å²) in [6.45, 7) is 6.39. The molecule has 7 nitrogen and oxygen atoms in total. The second kappa shape index (κ2) is 7.51. The van der Waals surface area contributed by atoms with Crippen molar-refractivity contribution in [1.29, 1.82) is 0 Å². The molecule has 1 amide bonds. The highest BCUT2D eigenvalue weighted by Crippen LogP contribution is 2.17. The smallest absolute Gasteiger partial charge is 0.220 e. The summed E-state index contributed by atoms with van der Waals surface area (Å²) in [7, 11) is 1.57. The number of hydrogen-bond acceptors (Lipinski definition) is 5. The van der Waals surface area contributed by atoms with E-state index in [4.69, 9.17) is 4.74 Å². The molecular formula is C19H23N5O2. The number of carbonyl (C=O) groups excluding carboxylic acids is 1. The lowest BCUT2D eigenvalue weighted by molar-refractivity contribution is -0.121. The summed E-state index contributed by atoms with van der Waals surface area (Å²) in [5.74, 6) is 0.555. The van der Waals surface area contributed by atoms with E-state index in [1.165, 1.54) is 0 Å². The van der Waals surface area contributed by atoms with Crippen molar-refractivity contribution in [2.45, 2.75) is 40.2 Å². The van der Waals surface area contributed by atoms with Crippen molar-refractivity contribution in [3.05, 3.63) is 52.6 Å². The van der Waals surface area contributed by atoms with Gasteiger partial charge < -0.3 is 10.1 Å². The van der Waals surface area contributed by atoms with Gasteiger partial charge in [0.1, 0.15) is 0 Å². The lowest BCUT2D eigenvalue weighted by Crippen LogP contribution is -2.23. The van der Waals surface area contributed by atoms with Gasteiger partial charge in [0.05, 0.1) is 12.8 Å². The van der Waals surface area contributed by atoms with Gasteiger partial charge in [-0.15, -0.1) is 0 Å². The van der Waals surface area contributed by atoms with Gasteiger partial charge in [-0.25, -0.2) is 14.5 Å². The molecule has 0 atom stereocenters. The molecule has 0 spiro atoms. The summed E-state index contributed by atoms with van der Waals surface area (Å²) >= 11 is 0. The maximum Gasteiger partial charge on any atom is 0.220 e. The number of ether oxygens (including phenoxy) is 1. The fraction of sp³-hybridized carbons (Fsp3) is 0.368. The Hall–Kier alpha value is -2.96. The summed E-state index contributed by atoms with van der Waals surface area (Å²) in [6.07, 6.45) is 2.73. The Morgan fingerprint density at radius 2 is 2.08 bits per heavy atom. The Bertz CT molecular complexity index is 931. The highest BCUT2D eigenvalue weighted by Gasteiger charge is 2.12. The van der Waals surface area contributed by atoms with Gasteiger partial charge in [0.2, 0.25) is 11.8 Å². The molecule has 3 heterocycles. The van der Waals surface area contributed by atoms with Crippen molar-refractivity contribution in [2.24, 2.45) is 0 Å². The predicted molar refractivity (Wildman–Crippen MR) is 98.2 cm³/mol. The van der Waals surface area contributed by atoms with Crippen molar-refractivity contribution < 1.29 is 9.53 Å².